The smallest absolute Gasteiger partial charge is 0.0467 e. The van der Waals surface area contributed by atoms with Crippen LogP contribution in [-0.2, 0) is 5.41 Å². The number of nitrogens with zero attached hydrogens (tertiary/aromatic N) is 1. The SMILES string of the molecule is c1ccc(N(c2cccc(-c3cccc4ccccc34)c2)c2ccc3c(c2)C2(c4ccccc4-3)C3CC4CC(C3)CC2C4)cc1. The molecule has 6 aromatic carbocycles. The summed E-state index contributed by atoms with van der Waals surface area (Å²) in [4.78, 5) is 2.49. The van der Waals surface area contributed by atoms with E-state index in [9.17, 15) is 0 Å². The molecule has 6 aromatic rings. The number of fused-ring (bicyclic) bond motifs is 4. The quantitative estimate of drug-likeness (QED) is 0.201. The van der Waals surface area contributed by atoms with E-state index in [4.69, 9.17) is 0 Å². The second-order valence-electron chi connectivity index (χ2n) is 14.2. The molecule has 4 saturated carbocycles. The summed E-state index contributed by atoms with van der Waals surface area (Å²) < 4.78 is 0. The zero-order valence-electron chi connectivity index (χ0n) is 25.6. The molecule has 0 saturated heterocycles. The molecule has 1 spiro atoms. The van der Waals surface area contributed by atoms with Gasteiger partial charge in [-0.2, -0.15) is 0 Å². The van der Waals surface area contributed by atoms with E-state index in [2.05, 4.69) is 144 Å². The van der Waals surface area contributed by atoms with Crippen LogP contribution in [0.25, 0.3) is 33.0 Å². The van der Waals surface area contributed by atoms with Gasteiger partial charge in [-0.1, -0.05) is 103 Å². The Hall–Kier alpha value is -4.62. The topological polar surface area (TPSA) is 3.24 Å². The average Bonchev–Trinajstić information content (AvgIpc) is 3.38. The van der Waals surface area contributed by atoms with E-state index in [0.29, 0.717) is 0 Å². The van der Waals surface area contributed by atoms with Crippen molar-refractivity contribution in [2.75, 3.05) is 4.90 Å². The first-order valence-electron chi connectivity index (χ1n) is 16.9. The molecule has 0 heterocycles. The summed E-state index contributed by atoms with van der Waals surface area (Å²) in [6, 6.07) is 52.4. The third kappa shape index (κ3) is 3.67. The third-order valence-electron chi connectivity index (χ3n) is 12.0. The number of hydrogen-bond acceptors (Lipinski definition) is 1. The minimum atomic E-state index is 0.155. The molecule has 4 bridgehead atoms. The van der Waals surface area contributed by atoms with Gasteiger partial charge in [-0.25, -0.2) is 0 Å². The van der Waals surface area contributed by atoms with E-state index in [1.165, 1.54) is 82.2 Å². The van der Waals surface area contributed by atoms with Gasteiger partial charge in [0.1, 0.15) is 0 Å². The fourth-order valence-corrected chi connectivity index (χ4v) is 10.6. The molecule has 218 valence electrons. The van der Waals surface area contributed by atoms with Gasteiger partial charge in [-0.15, -0.1) is 0 Å². The fraction of sp³-hybridized carbons (Fsp3) is 0.227. The molecule has 11 rings (SSSR count). The van der Waals surface area contributed by atoms with Crippen LogP contribution in [0.1, 0.15) is 43.2 Å². The average molecular weight is 580 g/mol. The molecule has 0 unspecified atom stereocenters. The minimum absolute atomic E-state index is 0.155. The molecule has 0 amide bonds. The Balaban J connectivity index is 1.16. The van der Waals surface area contributed by atoms with E-state index >= 15 is 0 Å². The summed E-state index contributed by atoms with van der Waals surface area (Å²) in [6.45, 7) is 0. The van der Waals surface area contributed by atoms with Crippen molar-refractivity contribution in [2.45, 2.75) is 37.5 Å². The largest absolute Gasteiger partial charge is 0.310 e. The van der Waals surface area contributed by atoms with Gasteiger partial charge in [-0.3, -0.25) is 0 Å². The summed E-state index contributed by atoms with van der Waals surface area (Å²) in [6.07, 6.45) is 7.09. The van der Waals surface area contributed by atoms with Crippen LogP contribution in [0.3, 0.4) is 0 Å². The molecule has 0 aromatic heterocycles. The van der Waals surface area contributed by atoms with Crippen molar-refractivity contribution in [3.05, 3.63) is 151 Å². The van der Waals surface area contributed by atoms with Crippen LogP contribution in [0.15, 0.2) is 140 Å². The van der Waals surface area contributed by atoms with Crippen LogP contribution in [0.4, 0.5) is 17.1 Å². The highest BCUT2D eigenvalue weighted by Gasteiger charge is 2.61. The Morgan fingerprint density at radius 2 is 1.07 bits per heavy atom. The molecule has 1 nitrogen and oxygen atoms in total. The fourth-order valence-electron chi connectivity index (χ4n) is 10.6. The Morgan fingerprint density at radius 3 is 1.91 bits per heavy atom. The predicted molar refractivity (Wildman–Crippen MR) is 187 cm³/mol. The van der Waals surface area contributed by atoms with Gasteiger partial charge < -0.3 is 4.90 Å². The van der Waals surface area contributed by atoms with E-state index in [1.807, 2.05) is 0 Å². The zero-order valence-corrected chi connectivity index (χ0v) is 25.6. The molecule has 4 fully saturated rings. The first-order valence-corrected chi connectivity index (χ1v) is 16.9. The number of hydrogen-bond donors (Lipinski definition) is 0. The lowest BCUT2D eigenvalue weighted by Crippen LogP contribution is -2.55. The Kier molecular flexibility index (Phi) is 5.53. The van der Waals surface area contributed by atoms with Crippen molar-refractivity contribution >= 4 is 27.8 Å². The van der Waals surface area contributed by atoms with Gasteiger partial charge in [0.05, 0.1) is 0 Å². The molecule has 5 aliphatic rings. The van der Waals surface area contributed by atoms with Crippen LogP contribution >= 0.6 is 0 Å². The van der Waals surface area contributed by atoms with Gasteiger partial charge in [-0.05, 0) is 136 Å². The molecular formula is C44H37N. The van der Waals surface area contributed by atoms with Crippen LogP contribution in [0.5, 0.6) is 0 Å². The van der Waals surface area contributed by atoms with Crippen molar-refractivity contribution in [2.24, 2.45) is 23.7 Å². The third-order valence-corrected chi connectivity index (χ3v) is 12.0. The van der Waals surface area contributed by atoms with Crippen molar-refractivity contribution in [3.63, 3.8) is 0 Å². The molecule has 0 aliphatic heterocycles. The number of para-hydroxylation sites is 1. The maximum Gasteiger partial charge on any atom is 0.0467 e. The summed E-state index contributed by atoms with van der Waals surface area (Å²) in [5.74, 6) is 3.39. The minimum Gasteiger partial charge on any atom is -0.310 e. The van der Waals surface area contributed by atoms with Gasteiger partial charge in [0.15, 0.2) is 0 Å². The van der Waals surface area contributed by atoms with Gasteiger partial charge >= 0.3 is 0 Å². The van der Waals surface area contributed by atoms with Crippen LogP contribution in [-0.4, -0.2) is 0 Å². The summed E-state index contributed by atoms with van der Waals surface area (Å²) >= 11 is 0. The molecular weight excluding hydrogens is 542 g/mol. The summed E-state index contributed by atoms with van der Waals surface area (Å²) in [7, 11) is 0. The van der Waals surface area contributed by atoms with Gasteiger partial charge in [0, 0.05) is 22.5 Å². The second-order valence-corrected chi connectivity index (χ2v) is 14.2. The maximum atomic E-state index is 2.61. The lowest BCUT2D eigenvalue weighted by molar-refractivity contribution is -0.0399. The van der Waals surface area contributed by atoms with Crippen LogP contribution in [0, 0.1) is 23.7 Å². The Labute approximate surface area is 266 Å². The Morgan fingerprint density at radius 1 is 0.444 bits per heavy atom. The second kappa shape index (κ2) is 9.69. The molecule has 5 aliphatic carbocycles. The first kappa shape index (κ1) is 25.7. The molecule has 1 heteroatoms. The molecule has 0 radical (unpaired) electrons. The van der Waals surface area contributed by atoms with Gasteiger partial charge in [0.25, 0.3) is 0 Å². The number of rotatable bonds is 4. The highest BCUT2D eigenvalue weighted by Crippen LogP contribution is 2.69. The highest BCUT2D eigenvalue weighted by molar-refractivity contribution is 5.97. The van der Waals surface area contributed by atoms with Crippen molar-refractivity contribution in [1.29, 1.82) is 0 Å². The zero-order chi connectivity index (χ0) is 29.5. The van der Waals surface area contributed by atoms with Crippen molar-refractivity contribution < 1.29 is 0 Å². The summed E-state index contributed by atoms with van der Waals surface area (Å²) in [5.41, 5.74) is 12.5. The summed E-state index contributed by atoms with van der Waals surface area (Å²) in [5, 5.41) is 2.57. The Bertz CT molecular complexity index is 2060. The lowest BCUT2D eigenvalue weighted by Gasteiger charge is -2.61. The van der Waals surface area contributed by atoms with Crippen LogP contribution < -0.4 is 4.90 Å². The number of anilines is 3. The van der Waals surface area contributed by atoms with Gasteiger partial charge in [0.2, 0.25) is 0 Å². The molecule has 0 atom stereocenters. The van der Waals surface area contributed by atoms with E-state index in [-0.39, 0.29) is 5.41 Å². The maximum absolute atomic E-state index is 2.61. The standard InChI is InChI=1S/C44H37N/c1-2-13-35(14-3-1)45(36-15-8-12-32(27-36)39-18-9-11-31-10-4-5-16-38(31)39)37-20-21-41-40-17-6-7-19-42(40)44(43(41)28-37)33-23-29-22-30(25-33)26-34(44)24-29/h1-21,27-30,33-34H,22-26H2. The van der Waals surface area contributed by atoms with Crippen molar-refractivity contribution in [1.82, 2.24) is 0 Å². The predicted octanol–water partition coefficient (Wildman–Crippen LogP) is 11.7. The van der Waals surface area contributed by atoms with Crippen molar-refractivity contribution in [3.8, 4) is 22.3 Å². The van der Waals surface area contributed by atoms with Crippen LogP contribution in [0.2, 0.25) is 0 Å². The molecule has 45 heavy (non-hydrogen) atoms. The lowest BCUT2D eigenvalue weighted by atomic mass is 9.43. The first-order chi connectivity index (χ1) is 22.3. The normalized spacial score (nSPS) is 25.4. The monoisotopic (exact) mass is 579 g/mol. The molecule has 0 N–H and O–H groups in total. The highest BCUT2D eigenvalue weighted by atomic mass is 15.1. The van der Waals surface area contributed by atoms with E-state index < -0.39 is 0 Å². The van der Waals surface area contributed by atoms with E-state index in [0.717, 1.165) is 23.7 Å². The van der Waals surface area contributed by atoms with E-state index in [1.54, 1.807) is 11.1 Å². The number of benzene rings is 6.